The summed E-state index contributed by atoms with van der Waals surface area (Å²) < 4.78 is 34.5. The van der Waals surface area contributed by atoms with Crippen LogP contribution in [-0.4, -0.2) is 51.3 Å². The molecule has 0 heterocycles. The fourth-order valence-corrected chi connectivity index (χ4v) is 2.33. The molecule has 0 spiro atoms. The van der Waals surface area contributed by atoms with Crippen LogP contribution in [0, 0.1) is 0 Å². The molecule has 0 radical (unpaired) electrons. The summed E-state index contributed by atoms with van der Waals surface area (Å²) in [5.74, 6) is 1.19. The Hall–Kier alpha value is -1.32. The predicted octanol–water partition coefficient (Wildman–Crippen LogP) is 4.15. The van der Waals surface area contributed by atoms with E-state index in [9.17, 15) is 8.78 Å². The first-order valence-electron chi connectivity index (χ1n) is 8.62. The standard InChI is InChI=1S/C18H29F2N3O2.HI/c1-5-7-12-23(3)18(21-6-2)22-11-10-14-8-9-15(24-4)16(13-14)25-17(19)20;/h8-9,13,17H,5-7,10-12H2,1-4H3,(H,21,22);1H. The molecule has 0 amide bonds. The molecule has 1 N–H and O–H groups in total. The van der Waals surface area contributed by atoms with E-state index >= 15 is 0 Å². The molecule has 26 heavy (non-hydrogen) atoms. The molecule has 0 aliphatic rings. The summed E-state index contributed by atoms with van der Waals surface area (Å²) in [5, 5.41) is 3.27. The maximum Gasteiger partial charge on any atom is 0.387 e. The number of nitrogens with one attached hydrogen (secondary N) is 1. The number of hydrogen-bond acceptors (Lipinski definition) is 3. The fourth-order valence-electron chi connectivity index (χ4n) is 2.33. The molecule has 0 aromatic heterocycles. The molecular weight excluding hydrogens is 455 g/mol. The van der Waals surface area contributed by atoms with E-state index in [2.05, 4.69) is 26.9 Å². The zero-order valence-corrected chi connectivity index (χ0v) is 18.3. The van der Waals surface area contributed by atoms with Gasteiger partial charge in [-0.2, -0.15) is 8.78 Å². The van der Waals surface area contributed by atoms with Crippen LogP contribution >= 0.6 is 24.0 Å². The third-order valence-corrected chi connectivity index (χ3v) is 3.65. The molecule has 0 atom stereocenters. The van der Waals surface area contributed by atoms with Crippen LogP contribution < -0.4 is 14.8 Å². The molecule has 0 unspecified atom stereocenters. The fraction of sp³-hybridized carbons (Fsp3) is 0.611. The number of hydrogen-bond donors (Lipinski definition) is 1. The van der Waals surface area contributed by atoms with Gasteiger partial charge in [0.1, 0.15) is 0 Å². The van der Waals surface area contributed by atoms with Crippen molar-refractivity contribution in [2.75, 3.05) is 33.8 Å². The zero-order valence-electron chi connectivity index (χ0n) is 15.9. The van der Waals surface area contributed by atoms with Gasteiger partial charge in [-0.3, -0.25) is 4.99 Å². The highest BCUT2D eigenvalue weighted by Crippen LogP contribution is 2.29. The van der Waals surface area contributed by atoms with Gasteiger partial charge >= 0.3 is 6.61 Å². The smallest absolute Gasteiger partial charge is 0.387 e. The first kappa shape index (κ1) is 24.7. The van der Waals surface area contributed by atoms with Gasteiger partial charge in [0.15, 0.2) is 17.5 Å². The molecule has 0 saturated carbocycles. The summed E-state index contributed by atoms with van der Waals surface area (Å²) in [7, 11) is 3.44. The van der Waals surface area contributed by atoms with Crippen molar-refractivity contribution in [2.45, 2.75) is 39.7 Å². The van der Waals surface area contributed by atoms with Crippen molar-refractivity contribution in [1.82, 2.24) is 10.2 Å². The minimum Gasteiger partial charge on any atom is -0.493 e. The number of alkyl halides is 2. The summed E-state index contributed by atoms with van der Waals surface area (Å²) in [6.45, 7) is 3.59. The number of ether oxygens (including phenoxy) is 2. The van der Waals surface area contributed by atoms with Gasteiger partial charge in [-0.25, -0.2) is 0 Å². The van der Waals surface area contributed by atoms with E-state index in [1.807, 2.05) is 20.0 Å². The van der Waals surface area contributed by atoms with E-state index in [1.54, 1.807) is 12.1 Å². The van der Waals surface area contributed by atoms with Crippen molar-refractivity contribution in [2.24, 2.45) is 4.99 Å². The molecule has 5 nitrogen and oxygen atoms in total. The zero-order chi connectivity index (χ0) is 18.7. The second-order valence-electron chi connectivity index (χ2n) is 5.62. The molecule has 1 aromatic rings. The van der Waals surface area contributed by atoms with E-state index in [1.165, 1.54) is 7.11 Å². The van der Waals surface area contributed by atoms with E-state index in [4.69, 9.17) is 4.74 Å². The number of unbranched alkanes of at least 4 members (excludes halogenated alkanes) is 1. The quantitative estimate of drug-likeness (QED) is 0.307. The largest absolute Gasteiger partial charge is 0.493 e. The number of aliphatic imine (C=N–C) groups is 1. The molecule has 0 bridgehead atoms. The van der Waals surface area contributed by atoms with Crippen molar-refractivity contribution in [3.05, 3.63) is 23.8 Å². The predicted molar refractivity (Wildman–Crippen MR) is 112 cm³/mol. The van der Waals surface area contributed by atoms with Crippen LogP contribution in [0.15, 0.2) is 23.2 Å². The molecule has 0 aliphatic heterocycles. The van der Waals surface area contributed by atoms with E-state index < -0.39 is 6.61 Å². The summed E-state index contributed by atoms with van der Waals surface area (Å²) in [6, 6.07) is 5.05. The monoisotopic (exact) mass is 485 g/mol. The summed E-state index contributed by atoms with van der Waals surface area (Å²) in [5.41, 5.74) is 0.868. The Kier molecular flexibility index (Phi) is 13.1. The Morgan fingerprint density at radius 1 is 1.27 bits per heavy atom. The highest BCUT2D eigenvalue weighted by molar-refractivity contribution is 14.0. The second-order valence-corrected chi connectivity index (χ2v) is 5.62. The SMILES string of the molecule is CCCCN(C)C(=NCCc1ccc(OC)c(OC(F)F)c1)NCC.I. The van der Waals surface area contributed by atoms with Crippen molar-refractivity contribution in [3.63, 3.8) is 0 Å². The summed E-state index contributed by atoms with van der Waals surface area (Å²) in [4.78, 5) is 6.71. The van der Waals surface area contributed by atoms with Crippen molar-refractivity contribution < 1.29 is 18.3 Å². The molecule has 0 saturated heterocycles. The maximum absolute atomic E-state index is 12.5. The van der Waals surface area contributed by atoms with E-state index in [0.717, 1.165) is 37.5 Å². The van der Waals surface area contributed by atoms with Crippen LogP contribution in [0.4, 0.5) is 8.78 Å². The van der Waals surface area contributed by atoms with Gasteiger partial charge < -0.3 is 19.7 Å². The van der Waals surface area contributed by atoms with Gasteiger partial charge in [0.2, 0.25) is 0 Å². The van der Waals surface area contributed by atoms with Crippen molar-refractivity contribution in [1.29, 1.82) is 0 Å². The number of rotatable bonds is 10. The lowest BCUT2D eigenvalue weighted by atomic mass is 10.1. The first-order valence-corrected chi connectivity index (χ1v) is 8.62. The minimum atomic E-state index is -2.88. The Morgan fingerprint density at radius 2 is 2.00 bits per heavy atom. The van der Waals surface area contributed by atoms with Gasteiger partial charge in [0, 0.05) is 26.7 Å². The van der Waals surface area contributed by atoms with Gasteiger partial charge in [0.05, 0.1) is 7.11 Å². The first-order chi connectivity index (χ1) is 12.0. The van der Waals surface area contributed by atoms with Gasteiger partial charge in [-0.05, 0) is 37.5 Å². The van der Waals surface area contributed by atoms with Crippen LogP contribution in [-0.2, 0) is 6.42 Å². The number of guanidine groups is 1. The molecule has 0 fully saturated rings. The number of benzene rings is 1. The lowest BCUT2D eigenvalue weighted by Gasteiger charge is -2.21. The average Bonchev–Trinajstić information content (AvgIpc) is 2.58. The van der Waals surface area contributed by atoms with Gasteiger partial charge in [0.25, 0.3) is 0 Å². The Labute approximate surface area is 172 Å². The van der Waals surface area contributed by atoms with Crippen LogP contribution in [0.3, 0.4) is 0 Å². The molecule has 1 aromatic carbocycles. The number of methoxy groups -OCH3 is 1. The van der Waals surface area contributed by atoms with E-state index in [0.29, 0.717) is 18.7 Å². The van der Waals surface area contributed by atoms with Crippen LogP contribution in [0.25, 0.3) is 0 Å². The third-order valence-electron chi connectivity index (χ3n) is 3.65. The van der Waals surface area contributed by atoms with Crippen molar-refractivity contribution >= 4 is 29.9 Å². The molecule has 1 rings (SSSR count). The highest BCUT2D eigenvalue weighted by atomic mass is 127. The lowest BCUT2D eigenvalue weighted by molar-refractivity contribution is -0.0512. The Balaban J connectivity index is 0.00000625. The van der Waals surface area contributed by atoms with E-state index in [-0.39, 0.29) is 29.7 Å². The van der Waals surface area contributed by atoms with Crippen molar-refractivity contribution in [3.8, 4) is 11.5 Å². The average molecular weight is 485 g/mol. The number of halogens is 3. The summed E-state index contributed by atoms with van der Waals surface area (Å²) in [6.07, 6.45) is 2.86. The number of nitrogens with zero attached hydrogens (tertiary/aromatic N) is 2. The molecule has 0 aliphatic carbocycles. The second kappa shape index (κ2) is 13.8. The normalized spacial score (nSPS) is 11.1. The highest BCUT2D eigenvalue weighted by Gasteiger charge is 2.11. The maximum atomic E-state index is 12.5. The molecule has 150 valence electrons. The lowest BCUT2D eigenvalue weighted by Crippen LogP contribution is -2.39. The van der Waals surface area contributed by atoms with Crippen LogP contribution in [0.2, 0.25) is 0 Å². The Morgan fingerprint density at radius 3 is 2.58 bits per heavy atom. The topological polar surface area (TPSA) is 46.1 Å². The minimum absolute atomic E-state index is 0. The Bertz CT molecular complexity index is 545. The van der Waals surface area contributed by atoms with Gasteiger partial charge in [-0.1, -0.05) is 19.4 Å². The summed E-state index contributed by atoms with van der Waals surface area (Å²) >= 11 is 0. The third kappa shape index (κ3) is 8.86. The van der Waals surface area contributed by atoms with Gasteiger partial charge in [-0.15, -0.1) is 24.0 Å². The van der Waals surface area contributed by atoms with Crippen LogP contribution in [0.5, 0.6) is 11.5 Å². The molecular formula is C18H30F2IN3O2. The molecule has 8 heteroatoms. The van der Waals surface area contributed by atoms with Crippen LogP contribution in [0.1, 0.15) is 32.3 Å².